The van der Waals surface area contributed by atoms with E-state index in [0.717, 1.165) is 37.5 Å². The third kappa shape index (κ3) is 25.3. The summed E-state index contributed by atoms with van der Waals surface area (Å²) in [7, 11) is -3.56. The van der Waals surface area contributed by atoms with Crippen molar-refractivity contribution in [3.8, 4) is 0 Å². The molecule has 0 bridgehead atoms. The Kier molecular flexibility index (Phi) is 36.1. The number of rotatable bonds is 15. The first-order valence-corrected chi connectivity index (χ1v) is 15.9. The number of nitrogens with zero attached hydrogens (tertiary/aromatic N) is 19. The molecule has 0 saturated carbocycles. The van der Waals surface area contributed by atoms with E-state index in [-0.39, 0.29) is 93.1 Å². The second-order valence-electron chi connectivity index (χ2n) is 9.47. The standard InChI is InChI=1S/C4H3N5O6.C3N5O6.2C3H2N4O4.C3H3N3O2.4CH4.K.H3NO7S.H2/c1-6-3(8(12)13)2(7(10)11)5-4(6)9(14)15;9-6(10)1-2(7(11)12)5-3(4-1)8(13)14;8-6(9)3-1-4-5(2-3)7(10)11;8-6(9)2-1-4-3(5-2)7(10)11;7-6(8)3-1-4-2-5-3;;;;;;2-1-6-9(4,5)8-7-3;/h1H3;;1-2H;1H,(H,4,5);1-2H,(H,4,5);4*1H4;;1-3H;1H/q;-1;;;;;;;;+1;;/i;;;;;;;;;;;1+1. The van der Waals surface area contributed by atoms with Crippen LogP contribution in [0.3, 0.4) is 0 Å². The molecule has 0 aliphatic rings. The van der Waals surface area contributed by atoms with Gasteiger partial charge in [0.25, 0.3) is 0 Å². The molecule has 53 heteroatoms. The molecule has 5 aromatic rings. The molecule has 51 nitrogen and oxygen atoms in total. The van der Waals surface area contributed by atoms with E-state index in [1.165, 1.54) is 6.33 Å². The molecule has 0 radical (unpaired) electrons. The summed E-state index contributed by atoms with van der Waals surface area (Å²) in [6, 6.07) is 0. The number of nitro groups is 11. The number of imidazole rings is 4. The van der Waals surface area contributed by atoms with Crippen LogP contribution in [0.15, 0.2) is 31.1 Å². The number of aromatic nitrogens is 10. The van der Waals surface area contributed by atoms with Crippen molar-refractivity contribution in [3.63, 3.8) is 0 Å². The number of nitrogens with one attached hydrogen (secondary N) is 3. The van der Waals surface area contributed by atoms with E-state index in [1.54, 1.807) is 0 Å². The quantitative estimate of drug-likeness (QED) is 0.0350. The second-order valence-corrected chi connectivity index (χ2v) is 10.6. The number of H-pyrrole nitrogens is 2. The van der Waals surface area contributed by atoms with Crippen molar-refractivity contribution >= 4 is 68.8 Å². The molecule has 0 unspecified atom stereocenters. The minimum absolute atomic E-state index is 0. The zero-order valence-electron chi connectivity index (χ0n) is 32.2. The molecule has 73 heavy (non-hydrogen) atoms. The fourth-order valence-electron chi connectivity index (χ4n) is 3.01. The Morgan fingerprint density at radius 1 is 0.685 bits per heavy atom. The molecule has 0 aliphatic heterocycles. The molecular weight excluding hydrogens is 1080 g/mol. The van der Waals surface area contributed by atoms with Gasteiger partial charge in [-0.25, -0.2) is 15.2 Å². The van der Waals surface area contributed by atoms with Gasteiger partial charge in [-0.3, -0.25) is 15.3 Å². The molecule has 0 atom stereocenters. The summed E-state index contributed by atoms with van der Waals surface area (Å²) in [6.07, 6.45) is 4.74. The van der Waals surface area contributed by atoms with Gasteiger partial charge in [-0.05, 0) is 39.4 Å². The van der Waals surface area contributed by atoms with Crippen molar-refractivity contribution in [2.45, 2.75) is 29.7 Å². The van der Waals surface area contributed by atoms with Gasteiger partial charge in [-0.15, -0.1) is 8.85 Å². The van der Waals surface area contributed by atoms with E-state index in [2.05, 4.69) is 48.7 Å². The average Bonchev–Trinajstić information content (AvgIpc) is 4.08. The maximum atomic E-state index is 10.4. The third-order valence-electron chi connectivity index (χ3n) is 5.44. The molecule has 0 saturated heterocycles. The third-order valence-corrected chi connectivity index (χ3v) is 5.95. The largest absolute Gasteiger partial charge is 1.00 e. The summed E-state index contributed by atoms with van der Waals surface area (Å²) in [4.78, 5) is 121. The van der Waals surface area contributed by atoms with E-state index in [9.17, 15) is 120 Å². The van der Waals surface area contributed by atoms with E-state index in [4.69, 9.17) is 10.5 Å². The monoisotopic (exact) mass is 1120 g/mol. The fraction of sp³-hybridized carbons (Fsp3) is 0.250. The van der Waals surface area contributed by atoms with Crippen molar-refractivity contribution in [3.05, 3.63) is 142 Å². The molecule has 0 spiro atoms. The number of hydrogen-bond donors (Lipinski definition) is 5. The molecule has 5 aromatic heterocycles. The summed E-state index contributed by atoms with van der Waals surface area (Å²) in [5.41, 5.74) is 0.388. The Morgan fingerprint density at radius 3 is 1.48 bits per heavy atom. The van der Waals surface area contributed by atoms with E-state index < -0.39 is 117 Å². The Balaban J connectivity index is -0.000000145. The van der Waals surface area contributed by atoms with Gasteiger partial charge in [0.1, 0.15) is 6.20 Å². The van der Waals surface area contributed by atoms with Crippen LogP contribution in [-0.2, 0) is 31.1 Å². The van der Waals surface area contributed by atoms with Crippen LogP contribution in [0.4, 0.5) is 58.4 Å². The van der Waals surface area contributed by atoms with Gasteiger partial charge >= 0.3 is 120 Å². The molecule has 402 valence electrons. The smallest absolute Gasteiger partial charge is 0.409 e. The Labute approximate surface area is 440 Å². The van der Waals surface area contributed by atoms with Crippen molar-refractivity contribution in [1.29, 1.82) is 0 Å². The van der Waals surface area contributed by atoms with Crippen LogP contribution in [-0.4, -0.2) is 118 Å². The van der Waals surface area contributed by atoms with Gasteiger partial charge in [0.05, 0.1) is 27.1 Å². The molecule has 5 rings (SSSR count). The van der Waals surface area contributed by atoms with Crippen molar-refractivity contribution in [2.75, 3.05) is 0 Å². The fourth-order valence-corrected chi connectivity index (χ4v) is 3.21. The Hall–Kier alpha value is -9.20. The van der Waals surface area contributed by atoms with Crippen LogP contribution < -0.4 is 62.0 Å². The maximum absolute atomic E-state index is 10.4. The minimum Gasteiger partial charge on any atom is -0.409 e. The van der Waals surface area contributed by atoms with Gasteiger partial charge in [-0.2, -0.15) is 13.4 Å². The normalized spacial score (nSPS) is 9.19. The van der Waals surface area contributed by atoms with Crippen LogP contribution in [0.2, 0.25) is 0 Å². The van der Waals surface area contributed by atoms with Gasteiger partial charge in [-0.1, -0.05) is 64.5 Å². The first-order valence-electron chi connectivity index (χ1n) is 14.5. The van der Waals surface area contributed by atoms with E-state index in [1.807, 2.05) is 4.98 Å². The summed E-state index contributed by atoms with van der Waals surface area (Å²) in [6.45, 7) is 0. The summed E-state index contributed by atoms with van der Waals surface area (Å²) < 4.78 is 26.5. The van der Waals surface area contributed by atoms with Crippen LogP contribution in [0.1, 0.15) is 31.1 Å². The zero-order valence-corrected chi connectivity index (χ0v) is 36.1. The number of hydrogen-bond acceptors (Lipinski definition) is 35. The van der Waals surface area contributed by atoms with Crippen molar-refractivity contribution in [2.24, 2.45) is 7.05 Å². The second kappa shape index (κ2) is 35.0. The van der Waals surface area contributed by atoms with Crippen molar-refractivity contribution < 1.29 is 140 Å². The van der Waals surface area contributed by atoms with Crippen LogP contribution in [0, 0.1) is 111 Å². The Morgan fingerprint density at radius 2 is 1.22 bits per heavy atom. The molecule has 0 aromatic carbocycles. The topological polar surface area (TPSA) is 709 Å². The minimum atomic E-state index is -4.52. The Bertz CT molecular complexity index is 2630. The van der Waals surface area contributed by atoms with Gasteiger partial charge < -0.3 is 101 Å². The first kappa shape index (κ1) is 75.3. The summed E-state index contributed by atoms with van der Waals surface area (Å²) in [5.74, 6) is -7.94. The van der Waals surface area contributed by atoms with Crippen LogP contribution in [0.5, 0.6) is 0 Å². The molecule has 5 N–H and O–H groups in total. The van der Waals surface area contributed by atoms with Gasteiger partial charge in [0.15, 0.2) is 18.7 Å². The van der Waals surface area contributed by atoms with Crippen LogP contribution >= 0.6 is 0 Å². The molecular formula is C20H31KN22O29S. The molecule has 0 amide bonds. The summed E-state index contributed by atoms with van der Waals surface area (Å²) >= 11 is 0. The van der Waals surface area contributed by atoms with Gasteiger partial charge in [0.2, 0.25) is 6.20 Å². The molecule has 0 fully saturated rings. The van der Waals surface area contributed by atoms with E-state index in [0.29, 0.717) is 4.57 Å². The molecule has 0 aliphatic carbocycles. The van der Waals surface area contributed by atoms with E-state index >= 15 is 0 Å². The zero-order chi connectivity index (χ0) is 52.8. The number of aromatic amines is 2. The predicted molar refractivity (Wildman–Crippen MR) is 218 cm³/mol. The first-order chi connectivity index (χ1) is 31.4. The average molecular weight is 1120 g/mol. The molecule has 5 heterocycles. The maximum Gasteiger partial charge on any atom is 1.00 e. The van der Waals surface area contributed by atoms with Crippen molar-refractivity contribution in [1.82, 2.24) is 55.0 Å². The predicted octanol–water partition coefficient (Wildman–Crippen LogP) is -1.36. The summed E-state index contributed by atoms with van der Waals surface area (Å²) in [5, 5.41) is 131. The SMILES string of the molecule is C.C.C.C.Cn1c([N+](=O)[O-])nc([N+](=O)[O-])c1[N+](=O)[O-].O=S(=O)(ONO)OOO.O=[N+]([O-])c1cnc([N+](=O)[O-])[nH]1.O=[N+]([O-])c1cnc[nH]1.O=[N+]([O-])c1cnn([N+](=O)[O-])c1.O=[N+]([O-])c1nc([N+](=O)[O-])c([N+](=O)[O-])[n-]1.[2HH].[K+]. The van der Waals surface area contributed by atoms with Crippen LogP contribution in [0.25, 0.3) is 0 Å². The van der Waals surface area contributed by atoms with Gasteiger partial charge in [0, 0.05) is 6.22 Å².